The summed E-state index contributed by atoms with van der Waals surface area (Å²) >= 11 is 5.92. The second-order valence-electron chi connectivity index (χ2n) is 6.01. The van der Waals surface area contributed by atoms with Crippen LogP contribution in [0, 0.1) is 6.92 Å². The van der Waals surface area contributed by atoms with E-state index in [2.05, 4.69) is 31.2 Å². The molecule has 2 aromatic carbocycles. The van der Waals surface area contributed by atoms with E-state index < -0.39 is 0 Å². The molecule has 0 atom stereocenters. The van der Waals surface area contributed by atoms with Crippen molar-refractivity contribution >= 4 is 46.3 Å². The number of rotatable bonds is 6. The summed E-state index contributed by atoms with van der Waals surface area (Å²) in [6, 6.07) is 15.8. The van der Waals surface area contributed by atoms with E-state index in [4.69, 9.17) is 11.6 Å². The largest absolute Gasteiger partial charge is 0.370 e. The second-order valence-corrected chi connectivity index (χ2v) is 6.44. The molecule has 3 aromatic rings. The number of urea groups is 1. The van der Waals surface area contributed by atoms with Gasteiger partial charge in [0.15, 0.2) is 0 Å². The van der Waals surface area contributed by atoms with Gasteiger partial charge in [-0.2, -0.15) is 0 Å². The minimum absolute atomic E-state index is 0.343. The van der Waals surface area contributed by atoms with E-state index in [1.165, 1.54) is 0 Å². The number of amides is 2. The topological polar surface area (TPSA) is 91.0 Å². The summed E-state index contributed by atoms with van der Waals surface area (Å²) in [7, 11) is 0. The predicted octanol–water partition coefficient (Wildman–Crippen LogP) is 5.26. The molecule has 4 N–H and O–H groups in total. The van der Waals surface area contributed by atoms with E-state index in [0.29, 0.717) is 28.0 Å². The van der Waals surface area contributed by atoms with Crippen molar-refractivity contribution in [1.82, 2.24) is 9.97 Å². The maximum absolute atomic E-state index is 12.1. The molecule has 0 aliphatic rings. The van der Waals surface area contributed by atoms with Crippen molar-refractivity contribution in [2.75, 3.05) is 27.8 Å². The van der Waals surface area contributed by atoms with E-state index in [1.807, 2.05) is 32.0 Å². The third-order valence-corrected chi connectivity index (χ3v) is 3.93. The van der Waals surface area contributed by atoms with Crippen LogP contribution in [0.2, 0.25) is 5.02 Å². The molecule has 0 radical (unpaired) electrons. The standard InChI is InChI=1S/C20H21ClN6O/c1-3-22-18-12-19(24-13(2)23-18)25-15-7-9-16(10-8-15)26-20(28)27-17-6-4-5-14(21)11-17/h4-12H,3H2,1-2H3,(H2,26,27,28)(H2,22,23,24,25). The molecule has 7 nitrogen and oxygen atoms in total. The number of hydrogen-bond donors (Lipinski definition) is 4. The molecule has 8 heteroatoms. The number of carbonyl (C=O) groups is 1. The Kier molecular flexibility index (Phi) is 6.29. The lowest BCUT2D eigenvalue weighted by Gasteiger charge is -2.11. The Morgan fingerprint density at radius 3 is 2.32 bits per heavy atom. The predicted molar refractivity (Wildman–Crippen MR) is 115 cm³/mol. The van der Waals surface area contributed by atoms with Crippen LogP contribution in [-0.2, 0) is 0 Å². The Balaban J connectivity index is 1.61. The molecule has 0 saturated carbocycles. The van der Waals surface area contributed by atoms with Crippen molar-refractivity contribution in [3.63, 3.8) is 0 Å². The van der Waals surface area contributed by atoms with Crippen LogP contribution in [0.4, 0.5) is 33.5 Å². The highest BCUT2D eigenvalue weighted by molar-refractivity contribution is 6.30. The fourth-order valence-electron chi connectivity index (χ4n) is 2.55. The Morgan fingerprint density at radius 1 is 0.929 bits per heavy atom. The first-order valence-corrected chi connectivity index (χ1v) is 9.20. The highest BCUT2D eigenvalue weighted by atomic mass is 35.5. The molecule has 0 saturated heterocycles. The first kappa shape index (κ1) is 19.4. The van der Waals surface area contributed by atoms with Crippen molar-refractivity contribution in [1.29, 1.82) is 0 Å². The van der Waals surface area contributed by atoms with Gasteiger partial charge in [-0.15, -0.1) is 0 Å². The van der Waals surface area contributed by atoms with Gasteiger partial charge in [-0.3, -0.25) is 0 Å². The van der Waals surface area contributed by atoms with Crippen molar-refractivity contribution in [2.45, 2.75) is 13.8 Å². The fourth-order valence-corrected chi connectivity index (χ4v) is 2.74. The summed E-state index contributed by atoms with van der Waals surface area (Å²) < 4.78 is 0. The molecule has 0 unspecified atom stereocenters. The lowest BCUT2D eigenvalue weighted by molar-refractivity contribution is 0.262. The zero-order valence-electron chi connectivity index (χ0n) is 15.6. The SMILES string of the molecule is CCNc1cc(Nc2ccc(NC(=O)Nc3cccc(Cl)c3)cc2)nc(C)n1. The maximum Gasteiger partial charge on any atom is 0.323 e. The molecule has 3 rings (SSSR count). The summed E-state index contributed by atoms with van der Waals surface area (Å²) in [5.74, 6) is 2.15. The Morgan fingerprint density at radius 2 is 1.61 bits per heavy atom. The first-order valence-electron chi connectivity index (χ1n) is 8.82. The molecule has 1 heterocycles. The van der Waals surface area contributed by atoms with E-state index in [1.54, 1.807) is 36.4 Å². The van der Waals surface area contributed by atoms with Gasteiger partial charge >= 0.3 is 6.03 Å². The van der Waals surface area contributed by atoms with Crippen molar-refractivity contribution in [3.8, 4) is 0 Å². The zero-order valence-corrected chi connectivity index (χ0v) is 16.3. The van der Waals surface area contributed by atoms with E-state index in [0.717, 1.165) is 18.1 Å². The molecule has 2 amide bonds. The Bertz CT molecular complexity index is 961. The average molecular weight is 397 g/mol. The monoisotopic (exact) mass is 396 g/mol. The van der Waals surface area contributed by atoms with Crippen LogP contribution in [0.25, 0.3) is 0 Å². The molecule has 28 heavy (non-hydrogen) atoms. The smallest absolute Gasteiger partial charge is 0.323 e. The number of nitrogens with one attached hydrogen (secondary N) is 4. The number of benzene rings is 2. The van der Waals surface area contributed by atoms with Gasteiger partial charge in [0, 0.05) is 34.7 Å². The first-order chi connectivity index (χ1) is 13.5. The number of aromatic nitrogens is 2. The van der Waals surface area contributed by atoms with Gasteiger partial charge in [0.25, 0.3) is 0 Å². The summed E-state index contributed by atoms with van der Waals surface area (Å²) in [5.41, 5.74) is 2.14. The lowest BCUT2D eigenvalue weighted by Crippen LogP contribution is -2.19. The minimum atomic E-state index is -0.343. The van der Waals surface area contributed by atoms with Gasteiger partial charge in [0.1, 0.15) is 17.5 Å². The summed E-state index contributed by atoms with van der Waals surface area (Å²) in [5, 5.41) is 12.5. The Labute approximate surface area is 168 Å². The highest BCUT2D eigenvalue weighted by Gasteiger charge is 2.05. The van der Waals surface area contributed by atoms with Crippen LogP contribution in [0.5, 0.6) is 0 Å². The molecule has 144 valence electrons. The lowest BCUT2D eigenvalue weighted by atomic mass is 10.2. The number of nitrogens with zero attached hydrogens (tertiary/aromatic N) is 2. The molecule has 0 aliphatic heterocycles. The minimum Gasteiger partial charge on any atom is -0.370 e. The number of carbonyl (C=O) groups excluding carboxylic acids is 1. The highest BCUT2D eigenvalue weighted by Crippen LogP contribution is 2.20. The van der Waals surface area contributed by atoms with Gasteiger partial charge in [-0.05, 0) is 56.3 Å². The van der Waals surface area contributed by atoms with Crippen LogP contribution in [0.1, 0.15) is 12.7 Å². The van der Waals surface area contributed by atoms with Crippen molar-refractivity contribution < 1.29 is 4.79 Å². The number of aryl methyl sites for hydroxylation is 1. The van der Waals surface area contributed by atoms with Crippen LogP contribution >= 0.6 is 11.6 Å². The molecular weight excluding hydrogens is 376 g/mol. The summed E-state index contributed by atoms with van der Waals surface area (Å²) in [6.07, 6.45) is 0. The summed E-state index contributed by atoms with van der Waals surface area (Å²) in [4.78, 5) is 20.8. The van der Waals surface area contributed by atoms with E-state index in [9.17, 15) is 4.79 Å². The fraction of sp³-hybridized carbons (Fsp3) is 0.150. The van der Waals surface area contributed by atoms with Crippen molar-refractivity contribution in [2.24, 2.45) is 0 Å². The molecule has 0 spiro atoms. The van der Waals surface area contributed by atoms with Crippen molar-refractivity contribution in [3.05, 3.63) is 65.4 Å². The van der Waals surface area contributed by atoms with E-state index in [-0.39, 0.29) is 6.03 Å². The number of anilines is 5. The third-order valence-electron chi connectivity index (χ3n) is 3.69. The van der Waals surface area contributed by atoms with E-state index >= 15 is 0 Å². The van der Waals surface area contributed by atoms with Gasteiger partial charge in [-0.1, -0.05) is 17.7 Å². The molecule has 0 fully saturated rings. The number of hydrogen-bond acceptors (Lipinski definition) is 5. The molecule has 0 bridgehead atoms. The molecular formula is C20H21ClN6O. The van der Waals surface area contributed by atoms with Crippen LogP contribution in [-0.4, -0.2) is 22.5 Å². The van der Waals surface area contributed by atoms with Gasteiger partial charge < -0.3 is 21.3 Å². The zero-order chi connectivity index (χ0) is 19.9. The Hall–Kier alpha value is -3.32. The normalized spacial score (nSPS) is 10.2. The van der Waals surface area contributed by atoms with Crippen LogP contribution in [0.15, 0.2) is 54.6 Å². The average Bonchev–Trinajstić information content (AvgIpc) is 2.63. The van der Waals surface area contributed by atoms with Crippen LogP contribution in [0.3, 0.4) is 0 Å². The van der Waals surface area contributed by atoms with Crippen LogP contribution < -0.4 is 21.3 Å². The van der Waals surface area contributed by atoms with Gasteiger partial charge in [0.05, 0.1) is 0 Å². The van der Waals surface area contributed by atoms with Gasteiger partial charge in [-0.25, -0.2) is 14.8 Å². The quantitative estimate of drug-likeness (QED) is 0.456. The van der Waals surface area contributed by atoms with Gasteiger partial charge in [0.2, 0.25) is 0 Å². The summed E-state index contributed by atoms with van der Waals surface area (Å²) in [6.45, 7) is 4.64. The molecule has 0 aliphatic carbocycles. The maximum atomic E-state index is 12.1. The third kappa shape index (κ3) is 5.59. The molecule has 1 aromatic heterocycles. The second kappa shape index (κ2) is 9.05. The number of halogens is 1.